The highest BCUT2D eigenvalue weighted by Crippen LogP contribution is 2.07. The smallest absolute Gasteiger partial charge is 0.219 e. The molecule has 2 aliphatic rings. The van der Waals surface area contributed by atoms with Crippen LogP contribution in [0.25, 0.3) is 0 Å². The average molecular weight is 299 g/mol. The van der Waals surface area contributed by atoms with Gasteiger partial charge in [-0.25, -0.2) is 0 Å². The summed E-state index contributed by atoms with van der Waals surface area (Å²) in [5.41, 5.74) is 0. The number of nitrogens with zero attached hydrogens (tertiary/aromatic N) is 3. The van der Waals surface area contributed by atoms with Crippen molar-refractivity contribution in [2.75, 3.05) is 46.3 Å². The number of rotatable bonds is 0. The fraction of sp³-hybridized carbons (Fsp3) is 0.875. The molecule has 0 atom stereocenters. The fourth-order valence-electron chi connectivity index (χ4n) is 2.33. The molecule has 0 aromatic rings. The SMILES string of the molecule is CC.CC(=O)N1CCCCC1.CC(=O)N1CCN(C)CC1. The molecule has 2 amide bonds. The molecule has 0 spiro atoms. The number of hydrogen-bond donors (Lipinski definition) is 0. The number of carbonyl (C=O) groups excluding carboxylic acids is 2. The second kappa shape index (κ2) is 11.5. The van der Waals surface area contributed by atoms with Crippen molar-refractivity contribution in [1.29, 1.82) is 0 Å². The lowest BCUT2D eigenvalue weighted by Gasteiger charge is -2.31. The van der Waals surface area contributed by atoms with Gasteiger partial charge in [-0.2, -0.15) is 0 Å². The molecule has 0 radical (unpaired) electrons. The van der Waals surface area contributed by atoms with Gasteiger partial charge in [-0.05, 0) is 26.3 Å². The van der Waals surface area contributed by atoms with E-state index in [2.05, 4.69) is 11.9 Å². The summed E-state index contributed by atoms with van der Waals surface area (Å²) in [7, 11) is 2.08. The quantitative estimate of drug-likeness (QED) is 0.685. The van der Waals surface area contributed by atoms with E-state index >= 15 is 0 Å². The molecule has 0 aromatic carbocycles. The molecule has 2 aliphatic heterocycles. The third kappa shape index (κ3) is 8.71. The van der Waals surface area contributed by atoms with Crippen molar-refractivity contribution in [3.8, 4) is 0 Å². The lowest BCUT2D eigenvalue weighted by atomic mass is 10.1. The highest BCUT2D eigenvalue weighted by molar-refractivity contribution is 5.73. The minimum Gasteiger partial charge on any atom is -0.343 e. The van der Waals surface area contributed by atoms with E-state index in [1.807, 2.05) is 23.6 Å². The Morgan fingerprint density at radius 1 is 0.667 bits per heavy atom. The third-order valence-electron chi connectivity index (χ3n) is 3.75. The molecule has 0 unspecified atom stereocenters. The lowest BCUT2D eigenvalue weighted by molar-refractivity contribution is -0.130. The zero-order chi connectivity index (χ0) is 16.3. The number of piperazine rings is 1. The van der Waals surface area contributed by atoms with Crippen LogP contribution >= 0.6 is 0 Å². The van der Waals surface area contributed by atoms with Crippen LogP contribution in [0.1, 0.15) is 47.0 Å². The van der Waals surface area contributed by atoms with Gasteiger partial charge in [-0.3, -0.25) is 9.59 Å². The molecular formula is C16H33N3O2. The van der Waals surface area contributed by atoms with E-state index in [4.69, 9.17) is 0 Å². The monoisotopic (exact) mass is 299 g/mol. The number of amides is 2. The van der Waals surface area contributed by atoms with Crippen LogP contribution in [0.4, 0.5) is 0 Å². The molecular weight excluding hydrogens is 266 g/mol. The van der Waals surface area contributed by atoms with Crippen molar-refractivity contribution in [2.24, 2.45) is 0 Å². The average Bonchev–Trinajstić information content (AvgIpc) is 2.51. The Hall–Kier alpha value is -1.10. The zero-order valence-electron chi connectivity index (χ0n) is 14.5. The molecule has 5 nitrogen and oxygen atoms in total. The van der Waals surface area contributed by atoms with E-state index in [0.717, 1.165) is 39.3 Å². The zero-order valence-corrected chi connectivity index (χ0v) is 14.5. The van der Waals surface area contributed by atoms with Gasteiger partial charge in [0.25, 0.3) is 0 Å². The van der Waals surface area contributed by atoms with Gasteiger partial charge < -0.3 is 14.7 Å². The summed E-state index contributed by atoms with van der Waals surface area (Å²) in [5.74, 6) is 0.433. The Labute approximate surface area is 130 Å². The maximum absolute atomic E-state index is 10.8. The van der Waals surface area contributed by atoms with Crippen molar-refractivity contribution in [1.82, 2.24) is 14.7 Å². The van der Waals surface area contributed by atoms with Crippen LogP contribution in [-0.2, 0) is 9.59 Å². The summed E-state index contributed by atoms with van der Waals surface area (Å²) < 4.78 is 0. The molecule has 0 bridgehead atoms. The highest BCUT2D eigenvalue weighted by atomic mass is 16.2. The molecule has 0 aliphatic carbocycles. The van der Waals surface area contributed by atoms with E-state index in [-0.39, 0.29) is 11.8 Å². The van der Waals surface area contributed by atoms with Gasteiger partial charge >= 0.3 is 0 Å². The summed E-state index contributed by atoms with van der Waals surface area (Å²) in [6.07, 6.45) is 3.68. The summed E-state index contributed by atoms with van der Waals surface area (Å²) >= 11 is 0. The predicted octanol–water partition coefficient (Wildman–Crippen LogP) is 1.83. The van der Waals surface area contributed by atoms with Crippen LogP contribution in [-0.4, -0.2) is 72.8 Å². The maximum atomic E-state index is 10.8. The van der Waals surface area contributed by atoms with E-state index in [1.165, 1.54) is 19.3 Å². The number of hydrogen-bond acceptors (Lipinski definition) is 3. The first kappa shape index (κ1) is 19.9. The number of likely N-dealkylation sites (tertiary alicyclic amines) is 1. The van der Waals surface area contributed by atoms with Crippen molar-refractivity contribution in [2.45, 2.75) is 47.0 Å². The Bertz CT molecular complexity index is 294. The van der Waals surface area contributed by atoms with Gasteiger partial charge in [-0.15, -0.1) is 0 Å². The van der Waals surface area contributed by atoms with Crippen LogP contribution in [0.3, 0.4) is 0 Å². The van der Waals surface area contributed by atoms with Crippen LogP contribution < -0.4 is 0 Å². The van der Waals surface area contributed by atoms with E-state index in [0.29, 0.717) is 0 Å². The first-order valence-electron chi connectivity index (χ1n) is 8.20. The number of piperidine rings is 1. The van der Waals surface area contributed by atoms with Crippen LogP contribution in [0, 0.1) is 0 Å². The Balaban J connectivity index is 0.000000342. The summed E-state index contributed by atoms with van der Waals surface area (Å²) in [6, 6.07) is 0. The molecule has 2 rings (SSSR count). The van der Waals surface area contributed by atoms with Gasteiger partial charge in [0.15, 0.2) is 0 Å². The molecule has 2 heterocycles. The third-order valence-corrected chi connectivity index (χ3v) is 3.75. The van der Waals surface area contributed by atoms with E-state index in [1.54, 1.807) is 13.8 Å². The topological polar surface area (TPSA) is 43.9 Å². The Morgan fingerprint density at radius 2 is 1.05 bits per heavy atom. The number of carbonyl (C=O) groups is 2. The molecule has 21 heavy (non-hydrogen) atoms. The molecule has 124 valence electrons. The summed E-state index contributed by atoms with van der Waals surface area (Å²) in [6.45, 7) is 13.1. The first-order chi connectivity index (χ1) is 10.0. The van der Waals surface area contributed by atoms with Crippen LogP contribution in [0.15, 0.2) is 0 Å². The summed E-state index contributed by atoms with van der Waals surface area (Å²) in [5, 5.41) is 0. The molecule has 5 heteroatoms. The van der Waals surface area contributed by atoms with Crippen molar-refractivity contribution < 1.29 is 9.59 Å². The van der Waals surface area contributed by atoms with Crippen molar-refractivity contribution in [3.05, 3.63) is 0 Å². The second-order valence-corrected chi connectivity index (χ2v) is 5.38. The minimum atomic E-state index is 0.202. The van der Waals surface area contributed by atoms with Gasteiger partial charge in [0.2, 0.25) is 11.8 Å². The largest absolute Gasteiger partial charge is 0.343 e. The maximum Gasteiger partial charge on any atom is 0.219 e. The van der Waals surface area contributed by atoms with Crippen LogP contribution in [0.5, 0.6) is 0 Å². The van der Waals surface area contributed by atoms with Gasteiger partial charge in [-0.1, -0.05) is 13.8 Å². The van der Waals surface area contributed by atoms with Crippen molar-refractivity contribution >= 4 is 11.8 Å². The molecule has 0 N–H and O–H groups in total. The first-order valence-corrected chi connectivity index (χ1v) is 8.20. The minimum absolute atomic E-state index is 0.202. The molecule has 0 saturated carbocycles. The Kier molecular flexibility index (Phi) is 10.9. The number of likely N-dealkylation sites (N-methyl/N-ethyl adjacent to an activating group) is 1. The van der Waals surface area contributed by atoms with Gasteiger partial charge in [0.05, 0.1) is 0 Å². The standard InChI is InChI=1S/C7H14N2O.C7H13NO.C2H6/c1-7(10)9-5-3-8(2)4-6-9;1-7(9)8-5-3-2-4-6-8;1-2/h3-6H2,1-2H3;2-6H2,1H3;1-2H3. The molecule has 2 saturated heterocycles. The van der Waals surface area contributed by atoms with Crippen molar-refractivity contribution in [3.63, 3.8) is 0 Å². The second-order valence-electron chi connectivity index (χ2n) is 5.38. The predicted molar refractivity (Wildman–Crippen MR) is 87.2 cm³/mol. The normalized spacial score (nSPS) is 18.9. The molecule has 2 fully saturated rings. The highest BCUT2D eigenvalue weighted by Gasteiger charge is 2.14. The van der Waals surface area contributed by atoms with Gasteiger partial charge in [0.1, 0.15) is 0 Å². The lowest BCUT2D eigenvalue weighted by Crippen LogP contribution is -2.46. The van der Waals surface area contributed by atoms with E-state index in [9.17, 15) is 9.59 Å². The molecule has 0 aromatic heterocycles. The Morgan fingerprint density at radius 3 is 1.38 bits per heavy atom. The fourth-order valence-corrected chi connectivity index (χ4v) is 2.33. The van der Waals surface area contributed by atoms with Gasteiger partial charge in [0, 0.05) is 53.1 Å². The summed E-state index contributed by atoms with van der Waals surface area (Å²) in [4.78, 5) is 27.6. The van der Waals surface area contributed by atoms with E-state index < -0.39 is 0 Å². The van der Waals surface area contributed by atoms with Crippen LogP contribution in [0.2, 0.25) is 0 Å².